The fraction of sp³-hybridized carbons (Fsp3) is 0.312. The standard InChI is InChI=1S/C16H16ClN3O2/c17-13-2-1-11-8-15(18-9-12(11)7-13)16(22)19-14-3-5-20(10-21)6-4-14/h1-2,7-10,14H,3-6H2,(H,19,22). The maximum Gasteiger partial charge on any atom is 0.270 e. The van der Waals surface area contributed by atoms with Crippen LogP contribution < -0.4 is 5.32 Å². The van der Waals surface area contributed by atoms with Crippen molar-refractivity contribution in [1.82, 2.24) is 15.2 Å². The number of aromatic nitrogens is 1. The number of fused-ring (bicyclic) bond motifs is 1. The van der Waals surface area contributed by atoms with Crippen molar-refractivity contribution in [3.63, 3.8) is 0 Å². The quantitative estimate of drug-likeness (QED) is 0.883. The molecule has 0 spiro atoms. The molecule has 1 N–H and O–H groups in total. The number of carbonyl (C=O) groups excluding carboxylic acids is 2. The number of halogens is 1. The van der Waals surface area contributed by atoms with Crippen LogP contribution in [-0.4, -0.2) is 41.3 Å². The van der Waals surface area contributed by atoms with Crippen molar-refractivity contribution in [3.05, 3.63) is 41.2 Å². The molecule has 0 radical (unpaired) electrons. The van der Waals surface area contributed by atoms with Crippen molar-refractivity contribution < 1.29 is 9.59 Å². The Morgan fingerprint density at radius 1 is 1.27 bits per heavy atom. The van der Waals surface area contributed by atoms with Crippen LogP contribution in [0, 0.1) is 0 Å². The third-order valence-corrected chi connectivity index (χ3v) is 4.17. The summed E-state index contributed by atoms with van der Waals surface area (Å²) in [5, 5.41) is 5.47. The Kier molecular flexibility index (Phi) is 4.24. The predicted octanol–water partition coefficient (Wildman–Crippen LogP) is 2.24. The molecular weight excluding hydrogens is 302 g/mol. The Morgan fingerprint density at radius 2 is 2.05 bits per heavy atom. The van der Waals surface area contributed by atoms with Crippen LogP contribution in [0.1, 0.15) is 23.3 Å². The van der Waals surface area contributed by atoms with Crippen molar-refractivity contribution in [2.24, 2.45) is 0 Å². The molecule has 2 heterocycles. The smallest absolute Gasteiger partial charge is 0.270 e. The molecule has 1 saturated heterocycles. The molecule has 22 heavy (non-hydrogen) atoms. The first-order valence-corrected chi connectivity index (χ1v) is 7.59. The molecule has 0 unspecified atom stereocenters. The summed E-state index contributed by atoms with van der Waals surface area (Å²) >= 11 is 5.94. The van der Waals surface area contributed by atoms with E-state index >= 15 is 0 Å². The second-order valence-electron chi connectivity index (χ2n) is 5.45. The average molecular weight is 318 g/mol. The first kappa shape index (κ1) is 14.8. The van der Waals surface area contributed by atoms with E-state index in [0.29, 0.717) is 23.8 Å². The van der Waals surface area contributed by atoms with Crippen LogP contribution in [0.3, 0.4) is 0 Å². The summed E-state index contributed by atoms with van der Waals surface area (Å²) in [4.78, 5) is 28.9. The fourth-order valence-corrected chi connectivity index (χ4v) is 2.83. The van der Waals surface area contributed by atoms with E-state index in [-0.39, 0.29) is 11.9 Å². The molecule has 2 aromatic rings. The molecule has 114 valence electrons. The minimum Gasteiger partial charge on any atom is -0.348 e. The summed E-state index contributed by atoms with van der Waals surface area (Å²) in [5.41, 5.74) is 0.396. The molecule has 0 atom stereocenters. The fourth-order valence-electron chi connectivity index (χ4n) is 2.65. The van der Waals surface area contributed by atoms with Gasteiger partial charge in [0.25, 0.3) is 5.91 Å². The third kappa shape index (κ3) is 3.20. The highest BCUT2D eigenvalue weighted by Gasteiger charge is 2.20. The van der Waals surface area contributed by atoms with Gasteiger partial charge in [0.1, 0.15) is 5.69 Å². The van der Waals surface area contributed by atoms with Gasteiger partial charge in [0.15, 0.2) is 0 Å². The van der Waals surface area contributed by atoms with Crippen LogP contribution >= 0.6 is 11.6 Å². The summed E-state index contributed by atoms with van der Waals surface area (Å²) < 4.78 is 0. The van der Waals surface area contributed by atoms with E-state index in [0.717, 1.165) is 30.0 Å². The minimum absolute atomic E-state index is 0.0893. The van der Waals surface area contributed by atoms with Crippen LogP contribution in [0.25, 0.3) is 10.8 Å². The Hall–Kier alpha value is -2.14. The van der Waals surface area contributed by atoms with Gasteiger partial charge in [-0.2, -0.15) is 0 Å². The van der Waals surface area contributed by atoms with E-state index in [4.69, 9.17) is 11.6 Å². The average Bonchev–Trinajstić information content (AvgIpc) is 2.55. The van der Waals surface area contributed by atoms with Crippen molar-refractivity contribution >= 4 is 34.7 Å². The lowest BCUT2D eigenvalue weighted by Crippen LogP contribution is -2.44. The third-order valence-electron chi connectivity index (χ3n) is 3.93. The second kappa shape index (κ2) is 6.32. The normalized spacial score (nSPS) is 15.8. The van der Waals surface area contributed by atoms with Crippen LogP contribution in [0.5, 0.6) is 0 Å². The van der Waals surface area contributed by atoms with Gasteiger partial charge in [-0.3, -0.25) is 14.6 Å². The van der Waals surface area contributed by atoms with E-state index in [2.05, 4.69) is 10.3 Å². The summed E-state index contributed by atoms with van der Waals surface area (Å²) in [6, 6.07) is 7.34. The Balaban J connectivity index is 1.70. The number of nitrogens with zero attached hydrogens (tertiary/aromatic N) is 2. The number of benzene rings is 1. The van der Waals surface area contributed by atoms with Crippen molar-refractivity contribution in [1.29, 1.82) is 0 Å². The van der Waals surface area contributed by atoms with Gasteiger partial charge < -0.3 is 10.2 Å². The summed E-state index contributed by atoms with van der Waals surface area (Å²) in [7, 11) is 0. The SMILES string of the molecule is O=CN1CCC(NC(=O)c2cc3ccc(Cl)cc3cn2)CC1. The van der Waals surface area contributed by atoms with Crippen molar-refractivity contribution in [3.8, 4) is 0 Å². The lowest BCUT2D eigenvalue weighted by Gasteiger charge is -2.29. The highest BCUT2D eigenvalue weighted by molar-refractivity contribution is 6.31. The summed E-state index contributed by atoms with van der Waals surface area (Å²) in [6.07, 6.45) is 4.06. The number of carbonyl (C=O) groups is 2. The molecular formula is C16H16ClN3O2. The zero-order valence-electron chi connectivity index (χ0n) is 12.0. The van der Waals surface area contributed by atoms with Crippen molar-refractivity contribution in [2.45, 2.75) is 18.9 Å². The highest BCUT2D eigenvalue weighted by atomic mass is 35.5. The Morgan fingerprint density at radius 3 is 2.77 bits per heavy atom. The number of piperidine rings is 1. The topological polar surface area (TPSA) is 62.3 Å². The highest BCUT2D eigenvalue weighted by Crippen LogP contribution is 2.19. The number of likely N-dealkylation sites (tertiary alicyclic amines) is 1. The first-order chi connectivity index (χ1) is 10.7. The summed E-state index contributed by atoms with van der Waals surface area (Å²) in [5.74, 6) is -0.179. The minimum atomic E-state index is -0.179. The molecule has 0 aliphatic carbocycles. The number of hydrogen-bond donors (Lipinski definition) is 1. The lowest BCUT2D eigenvalue weighted by molar-refractivity contribution is -0.119. The number of hydrogen-bond acceptors (Lipinski definition) is 3. The van der Waals surface area contributed by atoms with Gasteiger partial charge in [0.2, 0.25) is 6.41 Å². The van der Waals surface area contributed by atoms with Crippen LogP contribution in [0.4, 0.5) is 0 Å². The monoisotopic (exact) mass is 317 g/mol. The lowest BCUT2D eigenvalue weighted by atomic mass is 10.1. The Labute approximate surface area is 133 Å². The van der Waals surface area contributed by atoms with Gasteiger partial charge in [-0.15, -0.1) is 0 Å². The first-order valence-electron chi connectivity index (χ1n) is 7.21. The van der Waals surface area contributed by atoms with E-state index in [1.165, 1.54) is 0 Å². The zero-order valence-corrected chi connectivity index (χ0v) is 12.7. The Bertz CT molecular complexity index is 712. The number of pyridine rings is 1. The van der Waals surface area contributed by atoms with E-state index in [9.17, 15) is 9.59 Å². The van der Waals surface area contributed by atoms with Gasteiger partial charge in [-0.25, -0.2) is 0 Å². The summed E-state index contributed by atoms with van der Waals surface area (Å²) in [6.45, 7) is 1.36. The van der Waals surface area contributed by atoms with Crippen molar-refractivity contribution in [2.75, 3.05) is 13.1 Å². The van der Waals surface area contributed by atoms with Crippen LogP contribution in [0.15, 0.2) is 30.5 Å². The van der Waals surface area contributed by atoms with Gasteiger partial charge in [-0.05, 0) is 36.4 Å². The maximum absolute atomic E-state index is 12.3. The van der Waals surface area contributed by atoms with Gasteiger partial charge >= 0.3 is 0 Å². The molecule has 1 aromatic heterocycles. The molecule has 1 aromatic carbocycles. The van der Waals surface area contributed by atoms with Gasteiger partial charge in [-0.1, -0.05) is 17.7 Å². The molecule has 1 fully saturated rings. The number of nitrogens with one attached hydrogen (secondary N) is 1. The molecule has 3 rings (SSSR count). The predicted molar refractivity (Wildman–Crippen MR) is 84.9 cm³/mol. The van der Waals surface area contributed by atoms with E-state index in [1.807, 2.05) is 12.1 Å². The largest absolute Gasteiger partial charge is 0.348 e. The molecule has 0 saturated carbocycles. The van der Waals surface area contributed by atoms with Crippen LogP contribution in [0.2, 0.25) is 5.02 Å². The van der Waals surface area contributed by atoms with Gasteiger partial charge in [0.05, 0.1) is 0 Å². The van der Waals surface area contributed by atoms with E-state index < -0.39 is 0 Å². The number of amides is 2. The van der Waals surface area contributed by atoms with E-state index in [1.54, 1.807) is 23.2 Å². The molecule has 2 amide bonds. The van der Waals surface area contributed by atoms with Gasteiger partial charge in [0, 0.05) is 35.7 Å². The maximum atomic E-state index is 12.3. The molecule has 0 bridgehead atoms. The molecule has 1 aliphatic rings. The molecule has 6 heteroatoms. The van der Waals surface area contributed by atoms with Crippen LogP contribution in [-0.2, 0) is 4.79 Å². The zero-order chi connectivity index (χ0) is 15.5. The second-order valence-corrected chi connectivity index (χ2v) is 5.89. The molecule has 5 nitrogen and oxygen atoms in total. The number of rotatable bonds is 3. The molecule has 1 aliphatic heterocycles.